The Kier molecular flexibility index (Phi) is 10.2. The van der Waals surface area contributed by atoms with Gasteiger partial charge in [-0.25, -0.2) is 4.98 Å². The molecule has 0 saturated carbocycles. The quantitative estimate of drug-likeness (QED) is 0.243. The Morgan fingerprint density at radius 2 is 1.74 bits per heavy atom. The molecule has 1 fully saturated rings. The predicted octanol–water partition coefficient (Wildman–Crippen LogP) is 3.72. The minimum atomic E-state index is 0. The first-order valence-corrected chi connectivity index (χ1v) is 11.9. The second kappa shape index (κ2) is 13.1. The summed E-state index contributed by atoms with van der Waals surface area (Å²) >= 11 is 0. The van der Waals surface area contributed by atoms with E-state index in [1.54, 1.807) is 0 Å². The molecule has 2 N–H and O–H groups in total. The maximum atomic E-state index is 5.52. The van der Waals surface area contributed by atoms with Gasteiger partial charge in [-0.1, -0.05) is 50.2 Å². The summed E-state index contributed by atoms with van der Waals surface area (Å²) in [6.45, 7) is 10.6. The number of nitrogens with zero attached hydrogens (tertiary/aromatic N) is 4. The van der Waals surface area contributed by atoms with Crippen LogP contribution in [0.1, 0.15) is 25.0 Å². The second-order valence-corrected chi connectivity index (χ2v) is 8.94. The first kappa shape index (κ1) is 26.4. The summed E-state index contributed by atoms with van der Waals surface area (Å²) in [6, 6.07) is 17.4. The van der Waals surface area contributed by atoms with Crippen LogP contribution in [0.2, 0.25) is 0 Å². The zero-order valence-corrected chi connectivity index (χ0v) is 22.7. The number of guanidine groups is 1. The highest BCUT2D eigenvalue weighted by atomic mass is 127. The number of hydrogen-bond acceptors (Lipinski definition) is 4. The zero-order valence-electron chi connectivity index (χ0n) is 20.4. The minimum Gasteiger partial charge on any atom is -0.379 e. The second-order valence-electron chi connectivity index (χ2n) is 8.94. The van der Waals surface area contributed by atoms with Crippen LogP contribution in [0.15, 0.2) is 59.9 Å². The number of para-hydroxylation sites is 2. The molecule has 8 heteroatoms. The van der Waals surface area contributed by atoms with Gasteiger partial charge in [-0.15, -0.1) is 24.0 Å². The molecule has 0 radical (unpaired) electrons. The van der Waals surface area contributed by atoms with Crippen molar-refractivity contribution in [3.63, 3.8) is 0 Å². The molecular formula is C26H37IN6O. The topological polar surface area (TPSA) is 66.7 Å². The molecule has 2 heterocycles. The number of rotatable bonds is 8. The fraction of sp³-hybridized carbons (Fsp3) is 0.462. The van der Waals surface area contributed by atoms with Crippen LogP contribution in [-0.2, 0) is 17.8 Å². The normalized spacial score (nSPS) is 15.8. The lowest BCUT2D eigenvalue weighted by atomic mass is 10.0. The molecule has 0 aliphatic carbocycles. The van der Waals surface area contributed by atoms with E-state index in [-0.39, 0.29) is 24.0 Å². The summed E-state index contributed by atoms with van der Waals surface area (Å²) < 4.78 is 7.71. The van der Waals surface area contributed by atoms with Crippen LogP contribution in [0.25, 0.3) is 11.0 Å². The van der Waals surface area contributed by atoms with Crippen LogP contribution in [0.5, 0.6) is 0 Å². The molecule has 3 aromatic rings. The Morgan fingerprint density at radius 1 is 1.03 bits per heavy atom. The molecule has 1 saturated heterocycles. The van der Waals surface area contributed by atoms with Crippen LogP contribution in [0.3, 0.4) is 0 Å². The van der Waals surface area contributed by atoms with Crippen molar-refractivity contribution in [1.82, 2.24) is 25.1 Å². The first-order valence-electron chi connectivity index (χ1n) is 11.9. The number of nitrogens with one attached hydrogen (secondary N) is 2. The lowest BCUT2D eigenvalue weighted by Crippen LogP contribution is -2.52. The molecule has 0 amide bonds. The van der Waals surface area contributed by atoms with Crippen molar-refractivity contribution in [2.24, 2.45) is 10.9 Å². The van der Waals surface area contributed by atoms with Crippen LogP contribution in [-0.4, -0.2) is 66.3 Å². The van der Waals surface area contributed by atoms with Gasteiger partial charge >= 0.3 is 0 Å². The highest BCUT2D eigenvalue weighted by molar-refractivity contribution is 14.0. The number of imidazole rings is 1. The van der Waals surface area contributed by atoms with Crippen molar-refractivity contribution in [1.29, 1.82) is 0 Å². The van der Waals surface area contributed by atoms with E-state index in [0.717, 1.165) is 62.9 Å². The summed E-state index contributed by atoms with van der Waals surface area (Å²) in [5.41, 5.74) is 4.68. The van der Waals surface area contributed by atoms with Crippen LogP contribution in [0.4, 0.5) is 0 Å². The van der Waals surface area contributed by atoms with E-state index >= 15 is 0 Å². The summed E-state index contributed by atoms with van der Waals surface area (Å²) in [7, 11) is 1.83. The molecule has 1 aliphatic rings. The number of aromatic nitrogens is 2. The van der Waals surface area contributed by atoms with Gasteiger partial charge in [-0.05, 0) is 29.2 Å². The Labute approximate surface area is 220 Å². The highest BCUT2D eigenvalue weighted by Crippen LogP contribution is 2.15. The molecular weight excluding hydrogens is 539 g/mol. The number of morpholine rings is 1. The molecule has 1 unspecified atom stereocenters. The van der Waals surface area contributed by atoms with Gasteiger partial charge in [0, 0.05) is 45.8 Å². The number of ether oxygens (including phenoxy) is 1. The largest absolute Gasteiger partial charge is 0.379 e. The summed E-state index contributed by atoms with van der Waals surface area (Å²) in [4.78, 5) is 11.4. The van der Waals surface area contributed by atoms with Gasteiger partial charge in [-0.3, -0.25) is 9.89 Å². The van der Waals surface area contributed by atoms with Crippen LogP contribution < -0.4 is 10.6 Å². The smallest absolute Gasteiger partial charge is 0.191 e. The lowest BCUT2D eigenvalue weighted by Gasteiger charge is -2.37. The molecule has 184 valence electrons. The van der Waals surface area contributed by atoms with Crippen molar-refractivity contribution in [2.45, 2.75) is 33.0 Å². The maximum Gasteiger partial charge on any atom is 0.191 e. The average molecular weight is 577 g/mol. The Bertz CT molecular complexity index is 1040. The van der Waals surface area contributed by atoms with Gasteiger partial charge in [-0.2, -0.15) is 0 Å². The van der Waals surface area contributed by atoms with Gasteiger partial charge in [0.1, 0.15) is 0 Å². The Morgan fingerprint density at radius 3 is 2.44 bits per heavy atom. The molecule has 0 spiro atoms. The highest BCUT2D eigenvalue weighted by Gasteiger charge is 2.23. The van der Waals surface area contributed by atoms with Crippen LogP contribution >= 0.6 is 24.0 Å². The standard InChI is InChI=1S/C26H36N6O.HI/c1-20(2)25(31-12-14-33-15-13-31)17-29-26(27-3)28-16-21-8-10-22(11-9-21)18-32-19-30-23-6-4-5-7-24(23)32;/h4-11,19-20,25H,12-18H2,1-3H3,(H2,27,28,29);1H. The third-order valence-electron chi connectivity index (χ3n) is 6.35. The monoisotopic (exact) mass is 576 g/mol. The molecule has 7 nitrogen and oxygen atoms in total. The molecule has 1 aromatic heterocycles. The van der Waals surface area contributed by atoms with Crippen molar-refractivity contribution < 1.29 is 4.74 Å². The van der Waals surface area contributed by atoms with E-state index in [2.05, 4.69) is 80.3 Å². The van der Waals surface area contributed by atoms with E-state index in [4.69, 9.17) is 4.74 Å². The van der Waals surface area contributed by atoms with Crippen molar-refractivity contribution in [3.05, 3.63) is 66.0 Å². The first-order chi connectivity index (χ1) is 16.1. The van der Waals surface area contributed by atoms with Gasteiger partial charge in [0.05, 0.1) is 30.6 Å². The van der Waals surface area contributed by atoms with Crippen LogP contribution in [0, 0.1) is 5.92 Å². The fourth-order valence-corrected chi connectivity index (χ4v) is 4.40. The third-order valence-corrected chi connectivity index (χ3v) is 6.35. The van der Waals surface area contributed by atoms with Gasteiger partial charge < -0.3 is 19.9 Å². The number of fused-ring (bicyclic) bond motifs is 1. The summed E-state index contributed by atoms with van der Waals surface area (Å²) in [5.74, 6) is 1.40. The molecule has 1 aliphatic heterocycles. The number of benzene rings is 2. The molecule has 0 bridgehead atoms. The van der Waals surface area contributed by atoms with E-state index in [1.807, 2.05) is 25.5 Å². The van der Waals surface area contributed by atoms with E-state index in [0.29, 0.717) is 12.0 Å². The van der Waals surface area contributed by atoms with Gasteiger partial charge in [0.25, 0.3) is 0 Å². The molecule has 2 aromatic carbocycles. The number of aliphatic imine (C=N–C) groups is 1. The summed E-state index contributed by atoms with van der Waals surface area (Å²) in [6.07, 6.45) is 1.91. The van der Waals surface area contributed by atoms with Gasteiger partial charge in [0.2, 0.25) is 0 Å². The SMILES string of the molecule is CN=C(NCc1ccc(Cn2cnc3ccccc32)cc1)NCC(C(C)C)N1CCOCC1.I. The Hall–Kier alpha value is -2.17. The Balaban J connectivity index is 0.00000324. The van der Waals surface area contributed by atoms with Crippen molar-refractivity contribution in [2.75, 3.05) is 39.9 Å². The van der Waals surface area contributed by atoms with Gasteiger partial charge in [0.15, 0.2) is 5.96 Å². The minimum absolute atomic E-state index is 0. The van der Waals surface area contributed by atoms with Crippen molar-refractivity contribution in [3.8, 4) is 0 Å². The summed E-state index contributed by atoms with van der Waals surface area (Å²) in [5, 5.41) is 6.98. The van der Waals surface area contributed by atoms with E-state index in [9.17, 15) is 0 Å². The average Bonchev–Trinajstić information content (AvgIpc) is 3.25. The molecule has 34 heavy (non-hydrogen) atoms. The van der Waals surface area contributed by atoms with E-state index < -0.39 is 0 Å². The maximum absolute atomic E-state index is 5.52. The number of halogens is 1. The predicted molar refractivity (Wildman–Crippen MR) is 150 cm³/mol. The molecule has 1 atom stereocenters. The fourth-order valence-electron chi connectivity index (χ4n) is 4.40. The number of hydrogen-bond donors (Lipinski definition) is 2. The van der Waals surface area contributed by atoms with Crippen molar-refractivity contribution >= 4 is 41.0 Å². The molecule has 4 rings (SSSR count). The lowest BCUT2D eigenvalue weighted by molar-refractivity contribution is 0.00752. The third kappa shape index (κ3) is 6.93. The van der Waals surface area contributed by atoms with E-state index in [1.165, 1.54) is 11.1 Å². The zero-order chi connectivity index (χ0) is 23.0.